The molecule has 0 fully saturated rings. The van der Waals surface area contributed by atoms with Crippen LogP contribution in [0.5, 0.6) is 5.75 Å². The van der Waals surface area contributed by atoms with Crippen LogP contribution >= 0.6 is 23.2 Å². The van der Waals surface area contributed by atoms with Crippen molar-refractivity contribution in [3.05, 3.63) is 69.3 Å². The maximum atomic E-state index is 12.5. The Bertz CT molecular complexity index is 915. The van der Waals surface area contributed by atoms with Crippen LogP contribution in [0.1, 0.15) is 31.0 Å². The number of ether oxygens (including phenoxy) is 1. The van der Waals surface area contributed by atoms with E-state index in [-0.39, 0.29) is 11.6 Å². The second-order valence-corrected chi connectivity index (χ2v) is 7.01. The molecule has 0 spiro atoms. The van der Waals surface area contributed by atoms with Crippen molar-refractivity contribution in [3.8, 4) is 11.8 Å². The third kappa shape index (κ3) is 5.91. The minimum atomic E-state index is -0.500. The Balaban J connectivity index is 2.15. The zero-order chi connectivity index (χ0) is 20.7. The highest BCUT2D eigenvalue weighted by atomic mass is 35.5. The zero-order valence-electron chi connectivity index (χ0n) is 15.8. The van der Waals surface area contributed by atoms with Gasteiger partial charge in [-0.05, 0) is 45.0 Å². The molecule has 146 valence electrons. The van der Waals surface area contributed by atoms with Crippen LogP contribution in [-0.4, -0.2) is 12.5 Å². The first-order valence-corrected chi connectivity index (χ1v) is 9.46. The minimum absolute atomic E-state index is 0.0754. The lowest BCUT2D eigenvalue weighted by molar-refractivity contribution is -0.117. The molecular weight excluding hydrogens is 397 g/mol. The lowest BCUT2D eigenvalue weighted by Crippen LogP contribution is -2.28. The number of amides is 1. The molecule has 2 rings (SSSR count). The van der Waals surface area contributed by atoms with E-state index in [4.69, 9.17) is 27.9 Å². The van der Waals surface area contributed by atoms with Gasteiger partial charge in [0.1, 0.15) is 17.4 Å². The van der Waals surface area contributed by atoms with Crippen molar-refractivity contribution in [1.29, 1.82) is 5.26 Å². The predicted molar refractivity (Wildman–Crippen MR) is 113 cm³/mol. The van der Waals surface area contributed by atoms with Gasteiger partial charge in [-0.3, -0.25) is 4.79 Å². The summed E-state index contributed by atoms with van der Waals surface area (Å²) in [5.74, 6) is 0.203. The second-order valence-electron chi connectivity index (χ2n) is 6.14. The van der Waals surface area contributed by atoms with Crippen LogP contribution in [0, 0.1) is 18.3 Å². The van der Waals surface area contributed by atoms with E-state index < -0.39 is 5.91 Å². The van der Waals surface area contributed by atoms with Crippen LogP contribution in [0.25, 0.3) is 0 Å². The number of anilines is 1. The Morgan fingerprint density at radius 1 is 1.25 bits per heavy atom. The van der Waals surface area contributed by atoms with Crippen LogP contribution in [0.2, 0.25) is 10.0 Å². The van der Waals surface area contributed by atoms with Crippen LogP contribution < -0.4 is 15.4 Å². The number of rotatable bonds is 7. The van der Waals surface area contributed by atoms with Crippen molar-refractivity contribution >= 4 is 34.8 Å². The number of nitriles is 1. The summed E-state index contributed by atoms with van der Waals surface area (Å²) in [6, 6.07) is 12.2. The van der Waals surface area contributed by atoms with Crippen LogP contribution in [0.3, 0.4) is 0 Å². The van der Waals surface area contributed by atoms with Crippen molar-refractivity contribution in [3.63, 3.8) is 0 Å². The van der Waals surface area contributed by atoms with Gasteiger partial charge in [0, 0.05) is 27.5 Å². The predicted octanol–water partition coefficient (Wildman–Crippen LogP) is 5.40. The molecule has 28 heavy (non-hydrogen) atoms. The van der Waals surface area contributed by atoms with Crippen molar-refractivity contribution in [2.45, 2.75) is 26.8 Å². The molecule has 2 aromatic carbocycles. The average molecular weight is 418 g/mol. The molecule has 7 heteroatoms. The van der Waals surface area contributed by atoms with Gasteiger partial charge in [-0.15, -0.1) is 0 Å². The number of carbonyl (C=O) groups is 1. The minimum Gasteiger partial charge on any atom is -0.494 e. The van der Waals surface area contributed by atoms with Gasteiger partial charge >= 0.3 is 0 Å². The number of aryl methyl sites for hydroxylation is 1. The fourth-order valence-corrected chi connectivity index (χ4v) is 3.11. The highest BCUT2D eigenvalue weighted by molar-refractivity contribution is 6.35. The number of carbonyl (C=O) groups excluding carboxylic acids is 1. The van der Waals surface area contributed by atoms with Gasteiger partial charge in [-0.25, -0.2) is 0 Å². The van der Waals surface area contributed by atoms with Crippen LogP contribution in [0.15, 0.2) is 48.2 Å². The molecule has 1 unspecified atom stereocenters. The summed E-state index contributed by atoms with van der Waals surface area (Å²) in [5.41, 5.74) is 2.40. The topological polar surface area (TPSA) is 74.1 Å². The quantitative estimate of drug-likeness (QED) is 0.467. The van der Waals surface area contributed by atoms with Crippen molar-refractivity contribution in [2.75, 3.05) is 11.9 Å². The molecule has 1 atom stereocenters. The standard InChI is InChI=1S/C21H21Cl2N3O2/c1-4-28-20-6-5-13(2)7-19(20)14(3)26-21(27)15(11-24)12-25-18-9-16(22)8-17(23)10-18/h5-10,12,14,25H,4H2,1-3H3,(H,26,27)/b15-12-. The van der Waals surface area contributed by atoms with Crippen LogP contribution in [-0.2, 0) is 4.79 Å². The van der Waals surface area contributed by atoms with Gasteiger partial charge in [-0.2, -0.15) is 5.26 Å². The van der Waals surface area contributed by atoms with Gasteiger partial charge < -0.3 is 15.4 Å². The Hall–Kier alpha value is -2.68. The molecule has 0 radical (unpaired) electrons. The smallest absolute Gasteiger partial charge is 0.263 e. The molecule has 0 heterocycles. The summed E-state index contributed by atoms with van der Waals surface area (Å²) in [7, 11) is 0. The monoisotopic (exact) mass is 417 g/mol. The maximum absolute atomic E-state index is 12.5. The third-order valence-corrected chi connectivity index (χ3v) is 4.33. The van der Waals surface area contributed by atoms with E-state index in [0.29, 0.717) is 28.1 Å². The lowest BCUT2D eigenvalue weighted by atomic mass is 10.0. The van der Waals surface area contributed by atoms with Gasteiger partial charge in [0.2, 0.25) is 0 Å². The van der Waals surface area contributed by atoms with E-state index in [2.05, 4.69) is 10.6 Å². The molecule has 0 aromatic heterocycles. The fourth-order valence-electron chi connectivity index (χ4n) is 2.59. The van der Waals surface area contributed by atoms with Gasteiger partial charge in [-0.1, -0.05) is 40.9 Å². The van der Waals surface area contributed by atoms with Gasteiger partial charge in [0.15, 0.2) is 0 Å². The molecule has 0 saturated heterocycles. The summed E-state index contributed by atoms with van der Waals surface area (Å²) in [6.45, 7) is 6.23. The Labute approximate surface area is 174 Å². The van der Waals surface area contributed by atoms with Gasteiger partial charge in [0.25, 0.3) is 5.91 Å². The summed E-state index contributed by atoms with van der Waals surface area (Å²) in [4.78, 5) is 12.5. The lowest BCUT2D eigenvalue weighted by Gasteiger charge is -2.18. The summed E-state index contributed by atoms with van der Waals surface area (Å²) in [5, 5.41) is 16.0. The molecule has 5 nitrogen and oxygen atoms in total. The number of halogens is 2. The SMILES string of the molecule is CCOc1ccc(C)cc1C(C)NC(=O)/C(C#N)=C\Nc1cc(Cl)cc(Cl)c1. The molecule has 2 aromatic rings. The highest BCUT2D eigenvalue weighted by Crippen LogP contribution is 2.27. The number of benzene rings is 2. The Morgan fingerprint density at radius 3 is 2.54 bits per heavy atom. The molecule has 0 aliphatic rings. The van der Waals surface area contributed by atoms with E-state index in [9.17, 15) is 10.1 Å². The first kappa shape index (κ1) is 21.6. The molecule has 0 aliphatic heterocycles. The molecular formula is C21H21Cl2N3O2. The van der Waals surface area contributed by atoms with Crippen molar-refractivity contribution < 1.29 is 9.53 Å². The first-order chi connectivity index (χ1) is 13.3. The van der Waals surface area contributed by atoms with Crippen molar-refractivity contribution in [2.24, 2.45) is 0 Å². The molecule has 0 saturated carbocycles. The largest absolute Gasteiger partial charge is 0.494 e. The summed E-state index contributed by atoms with van der Waals surface area (Å²) < 4.78 is 5.64. The highest BCUT2D eigenvalue weighted by Gasteiger charge is 2.17. The van der Waals surface area contributed by atoms with E-state index >= 15 is 0 Å². The fraction of sp³-hybridized carbons (Fsp3) is 0.238. The van der Waals surface area contributed by atoms with Gasteiger partial charge in [0.05, 0.1) is 12.6 Å². The van der Waals surface area contributed by atoms with Crippen molar-refractivity contribution in [1.82, 2.24) is 5.32 Å². The van der Waals surface area contributed by atoms with E-state index in [1.165, 1.54) is 6.20 Å². The maximum Gasteiger partial charge on any atom is 0.263 e. The Kier molecular flexibility index (Phi) is 7.74. The van der Waals surface area contributed by atoms with E-state index in [0.717, 1.165) is 11.1 Å². The molecule has 0 bridgehead atoms. The van der Waals surface area contributed by atoms with E-state index in [1.54, 1.807) is 18.2 Å². The average Bonchev–Trinajstić information content (AvgIpc) is 2.63. The number of hydrogen-bond acceptors (Lipinski definition) is 4. The molecule has 1 amide bonds. The molecule has 0 aliphatic carbocycles. The summed E-state index contributed by atoms with van der Waals surface area (Å²) >= 11 is 11.9. The molecule has 2 N–H and O–H groups in total. The normalized spacial score (nSPS) is 12.1. The second kappa shape index (κ2) is 10.0. The third-order valence-electron chi connectivity index (χ3n) is 3.89. The van der Waals surface area contributed by atoms with E-state index in [1.807, 2.05) is 45.0 Å². The zero-order valence-corrected chi connectivity index (χ0v) is 17.4. The Morgan fingerprint density at radius 2 is 1.93 bits per heavy atom. The first-order valence-electron chi connectivity index (χ1n) is 8.71. The number of hydrogen-bond donors (Lipinski definition) is 2. The number of nitrogens with zero attached hydrogens (tertiary/aromatic N) is 1. The number of nitrogens with one attached hydrogen (secondary N) is 2. The summed E-state index contributed by atoms with van der Waals surface area (Å²) in [6.07, 6.45) is 1.32. The van der Waals surface area contributed by atoms with Crippen LogP contribution in [0.4, 0.5) is 5.69 Å².